The summed E-state index contributed by atoms with van der Waals surface area (Å²) < 4.78 is 23.3. The van der Waals surface area contributed by atoms with Crippen LogP contribution in [0.4, 0.5) is 0 Å². The van der Waals surface area contributed by atoms with Crippen LogP contribution in [0.25, 0.3) is 0 Å². The first-order valence-corrected chi connectivity index (χ1v) is 28.8. The van der Waals surface area contributed by atoms with Gasteiger partial charge in [-0.25, -0.2) is 0 Å². The molecule has 0 aliphatic heterocycles. The van der Waals surface area contributed by atoms with Crippen molar-refractivity contribution in [3.05, 3.63) is 36.5 Å². The Morgan fingerprint density at radius 1 is 0.531 bits per heavy atom. The molecule has 0 bridgehead atoms. The van der Waals surface area contributed by atoms with Crippen LogP contribution in [0.3, 0.4) is 0 Å². The lowest BCUT2D eigenvalue weighted by molar-refractivity contribution is -0.870. The predicted octanol–water partition coefficient (Wildman–Crippen LogP) is 15.6. The van der Waals surface area contributed by atoms with Gasteiger partial charge in [0.25, 0.3) is 7.82 Å². The van der Waals surface area contributed by atoms with Gasteiger partial charge >= 0.3 is 0 Å². The van der Waals surface area contributed by atoms with E-state index >= 15 is 0 Å². The van der Waals surface area contributed by atoms with Crippen molar-refractivity contribution in [1.29, 1.82) is 0 Å². The van der Waals surface area contributed by atoms with Gasteiger partial charge in [0.15, 0.2) is 0 Å². The van der Waals surface area contributed by atoms with Crippen molar-refractivity contribution in [3.63, 3.8) is 0 Å². The smallest absolute Gasteiger partial charge is 0.268 e. The Balaban J connectivity index is 4.29. The predicted molar refractivity (Wildman–Crippen MR) is 275 cm³/mol. The van der Waals surface area contributed by atoms with Gasteiger partial charge in [-0.2, -0.15) is 0 Å². The molecule has 0 aromatic carbocycles. The molecular weight excluding hydrogens is 816 g/mol. The third-order valence-corrected chi connectivity index (χ3v) is 13.3. The van der Waals surface area contributed by atoms with Crippen molar-refractivity contribution in [1.82, 2.24) is 5.32 Å². The molecule has 3 unspecified atom stereocenters. The van der Waals surface area contributed by atoms with Gasteiger partial charge in [0.05, 0.1) is 39.9 Å². The molecule has 0 radical (unpaired) electrons. The highest BCUT2D eigenvalue weighted by molar-refractivity contribution is 7.45. The fourth-order valence-electron chi connectivity index (χ4n) is 8.01. The molecule has 378 valence electrons. The molecular formula is C55H107N2O6P. The first kappa shape index (κ1) is 62.7. The summed E-state index contributed by atoms with van der Waals surface area (Å²) in [6, 6.07) is -0.907. The Kier molecular flexibility index (Phi) is 45.9. The van der Waals surface area contributed by atoms with Crippen molar-refractivity contribution in [2.24, 2.45) is 0 Å². The zero-order valence-electron chi connectivity index (χ0n) is 43.0. The van der Waals surface area contributed by atoms with Gasteiger partial charge in [0.2, 0.25) is 5.91 Å². The van der Waals surface area contributed by atoms with Crippen LogP contribution in [0.1, 0.15) is 258 Å². The molecule has 8 nitrogen and oxygen atoms in total. The van der Waals surface area contributed by atoms with E-state index < -0.39 is 26.6 Å². The monoisotopic (exact) mass is 923 g/mol. The van der Waals surface area contributed by atoms with E-state index in [4.69, 9.17) is 9.05 Å². The molecule has 3 atom stereocenters. The maximum absolute atomic E-state index is 12.9. The van der Waals surface area contributed by atoms with Crippen LogP contribution >= 0.6 is 7.82 Å². The number of phosphoric ester groups is 1. The number of rotatable bonds is 50. The van der Waals surface area contributed by atoms with Crippen LogP contribution in [0.15, 0.2) is 36.5 Å². The molecule has 0 saturated carbocycles. The second-order valence-electron chi connectivity index (χ2n) is 19.9. The van der Waals surface area contributed by atoms with E-state index in [2.05, 4.69) is 43.5 Å². The molecule has 0 aliphatic carbocycles. The summed E-state index contributed by atoms with van der Waals surface area (Å²) >= 11 is 0. The number of carbonyl (C=O) groups is 1. The molecule has 0 aromatic heterocycles. The number of nitrogens with one attached hydrogen (secondary N) is 1. The van der Waals surface area contributed by atoms with Crippen LogP contribution in [0.5, 0.6) is 0 Å². The van der Waals surface area contributed by atoms with E-state index in [1.807, 2.05) is 27.2 Å². The zero-order valence-corrected chi connectivity index (χ0v) is 43.9. The Bertz CT molecular complexity index is 1140. The summed E-state index contributed by atoms with van der Waals surface area (Å²) in [5, 5.41) is 13.8. The van der Waals surface area contributed by atoms with Gasteiger partial charge < -0.3 is 28.8 Å². The van der Waals surface area contributed by atoms with Crippen molar-refractivity contribution < 1.29 is 32.9 Å². The normalized spacial score (nSPS) is 14.3. The number of quaternary nitrogens is 1. The van der Waals surface area contributed by atoms with Crippen LogP contribution in [0, 0.1) is 0 Å². The number of hydrogen-bond acceptors (Lipinski definition) is 6. The summed E-state index contributed by atoms with van der Waals surface area (Å²) in [6.07, 6.45) is 59.3. The molecule has 0 fully saturated rings. The average Bonchev–Trinajstić information content (AvgIpc) is 3.25. The van der Waals surface area contributed by atoms with Gasteiger partial charge in [0.1, 0.15) is 13.2 Å². The molecule has 0 heterocycles. The minimum Gasteiger partial charge on any atom is -0.756 e. The molecule has 0 spiro atoms. The van der Waals surface area contributed by atoms with E-state index in [1.165, 1.54) is 193 Å². The number of hydrogen-bond donors (Lipinski definition) is 2. The summed E-state index contributed by atoms with van der Waals surface area (Å²) in [7, 11) is 1.24. The van der Waals surface area contributed by atoms with Crippen molar-refractivity contribution in [2.75, 3.05) is 40.9 Å². The number of nitrogens with zero attached hydrogens (tertiary/aromatic N) is 1. The highest BCUT2D eigenvalue weighted by atomic mass is 31.2. The molecule has 9 heteroatoms. The van der Waals surface area contributed by atoms with E-state index in [1.54, 1.807) is 6.08 Å². The Morgan fingerprint density at radius 3 is 1.27 bits per heavy atom. The van der Waals surface area contributed by atoms with Crippen LogP contribution in [-0.4, -0.2) is 68.5 Å². The van der Waals surface area contributed by atoms with E-state index in [9.17, 15) is 19.4 Å². The van der Waals surface area contributed by atoms with E-state index in [0.717, 1.165) is 44.9 Å². The minimum atomic E-state index is -4.60. The number of amides is 1. The second kappa shape index (κ2) is 46.8. The Labute approximate surface area is 397 Å². The lowest BCUT2D eigenvalue weighted by atomic mass is 10.0. The molecule has 64 heavy (non-hydrogen) atoms. The summed E-state index contributed by atoms with van der Waals surface area (Å²) in [4.78, 5) is 25.4. The number of aliphatic hydroxyl groups excluding tert-OH is 1. The lowest BCUT2D eigenvalue weighted by Crippen LogP contribution is -2.45. The first-order chi connectivity index (χ1) is 31.0. The quantitative estimate of drug-likeness (QED) is 0.0272. The van der Waals surface area contributed by atoms with Crippen LogP contribution < -0.4 is 10.2 Å². The third-order valence-electron chi connectivity index (χ3n) is 12.3. The molecule has 0 saturated heterocycles. The standard InChI is InChI=1S/C55H107N2O6P/c1-6-8-10-12-14-16-18-20-22-24-26-27-28-29-31-33-35-37-39-41-43-45-47-49-55(59)56-53(52-63-64(60,61)62-51-50-57(3,4)5)54(58)48-46-44-42-40-38-36-34-32-30-25-23-21-19-17-15-13-11-9-7-2/h30,32,38,40,46,48,53-54,58H,6-29,31,33-37,39,41-45,47,49-52H2,1-5H3,(H-,56,59,60,61)/b32-30+,40-38+,48-46+. The van der Waals surface area contributed by atoms with Gasteiger partial charge in [0, 0.05) is 6.42 Å². The number of likely N-dealkylation sites (N-methyl/N-ethyl adjacent to an activating group) is 1. The lowest BCUT2D eigenvalue weighted by Gasteiger charge is -2.29. The largest absolute Gasteiger partial charge is 0.756 e. The number of unbranched alkanes of at least 4 members (excludes halogenated alkanes) is 33. The van der Waals surface area contributed by atoms with Crippen molar-refractivity contribution in [2.45, 2.75) is 270 Å². The zero-order chi connectivity index (χ0) is 47.1. The summed E-state index contributed by atoms with van der Waals surface area (Å²) in [5.41, 5.74) is 0. The number of carbonyl (C=O) groups excluding carboxylic acids is 1. The van der Waals surface area contributed by atoms with Crippen LogP contribution in [-0.2, 0) is 18.4 Å². The minimum absolute atomic E-state index is 0.00748. The molecule has 0 rings (SSSR count). The number of phosphoric acid groups is 1. The molecule has 0 aromatic rings. The molecule has 0 aliphatic rings. The Hall–Kier alpha value is -1.28. The van der Waals surface area contributed by atoms with Gasteiger partial charge in [-0.1, -0.05) is 243 Å². The average molecular weight is 923 g/mol. The first-order valence-electron chi connectivity index (χ1n) is 27.4. The van der Waals surface area contributed by atoms with Gasteiger partial charge in [-0.15, -0.1) is 0 Å². The Morgan fingerprint density at radius 2 is 0.875 bits per heavy atom. The van der Waals surface area contributed by atoms with Crippen LogP contribution in [0.2, 0.25) is 0 Å². The maximum atomic E-state index is 12.9. The summed E-state index contributed by atoms with van der Waals surface area (Å²) in [6.45, 7) is 4.65. The SMILES string of the molecule is CCCCCCCCCCC/C=C/CC/C=C/CC/C=C/C(O)C(COP(=O)([O-])OCC[N+](C)(C)C)NC(=O)CCCCCCCCCCCCCCCCCCCCCCCCC. The van der Waals surface area contributed by atoms with Crippen molar-refractivity contribution >= 4 is 13.7 Å². The highest BCUT2D eigenvalue weighted by Gasteiger charge is 2.23. The fraction of sp³-hybridized carbons (Fsp3) is 0.873. The number of aliphatic hydroxyl groups is 1. The topological polar surface area (TPSA) is 108 Å². The van der Waals surface area contributed by atoms with E-state index in [0.29, 0.717) is 17.4 Å². The molecule has 2 N–H and O–H groups in total. The van der Waals surface area contributed by atoms with Crippen molar-refractivity contribution in [3.8, 4) is 0 Å². The summed E-state index contributed by atoms with van der Waals surface area (Å²) in [5.74, 6) is -0.207. The highest BCUT2D eigenvalue weighted by Crippen LogP contribution is 2.38. The van der Waals surface area contributed by atoms with E-state index in [-0.39, 0.29) is 12.5 Å². The fourth-order valence-corrected chi connectivity index (χ4v) is 8.73. The number of allylic oxidation sites excluding steroid dienone is 5. The molecule has 1 amide bonds. The maximum Gasteiger partial charge on any atom is 0.268 e. The second-order valence-corrected chi connectivity index (χ2v) is 21.3. The van der Waals surface area contributed by atoms with Gasteiger partial charge in [-0.05, 0) is 44.9 Å². The van der Waals surface area contributed by atoms with Gasteiger partial charge in [-0.3, -0.25) is 9.36 Å². The third kappa shape index (κ3) is 48.6.